The summed E-state index contributed by atoms with van der Waals surface area (Å²) in [5.41, 5.74) is 0.741. The number of likely N-dealkylation sites (N-methyl/N-ethyl adjacent to an activating group) is 1. The van der Waals surface area contributed by atoms with Crippen molar-refractivity contribution in [3.05, 3.63) is 24.3 Å². The first-order valence-electron chi connectivity index (χ1n) is 6.67. The molecule has 0 saturated carbocycles. The summed E-state index contributed by atoms with van der Waals surface area (Å²) in [6.07, 6.45) is 0.0513. The molecule has 1 aliphatic heterocycles. The van der Waals surface area contributed by atoms with Crippen molar-refractivity contribution >= 4 is 11.7 Å². The highest BCUT2D eigenvalue weighted by molar-refractivity contribution is 5.89. The van der Waals surface area contributed by atoms with Crippen molar-refractivity contribution in [3.63, 3.8) is 0 Å². The Balaban J connectivity index is 1.83. The molecule has 1 aromatic carbocycles. The number of benzene rings is 1. The maximum Gasteiger partial charge on any atom is 0.321 e. The van der Waals surface area contributed by atoms with Crippen molar-refractivity contribution in [1.29, 1.82) is 0 Å². The van der Waals surface area contributed by atoms with Crippen molar-refractivity contribution in [3.8, 4) is 5.75 Å². The minimum absolute atomic E-state index is 0.0513. The van der Waals surface area contributed by atoms with Gasteiger partial charge in [-0.15, -0.1) is 0 Å². The monoisotopic (exact) mass is 279 g/mol. The van der Waals surface area contributed by atoms with Gasteiger partial charge in [-0.25, -0.2) is 4.79 Å². The number of carbonyl (C=O) groups is 1. The third kappa shape index (κ3) is 4.11. The Morgan fingerprint density at radius 1 is 1.50 bits per heavy atom. The number of hydrogen-bond donors (Lipinski definition) is 2. The highest BCUT2D eigenvalue weighted by atomic mass is 16.5. The number of anilines is 1. The summed E-state index contributed by atoms with van der Waals surface area (Å²) < 4.78 is 10.7. The van der Waals surface area contributed by atoms with Crippen LogP contribution in [0.5, 0.6) is 5.75 Å². The second kappa shape index (κ2) is 7.12. The van der Waals surface area contributed by atoms with Crippen LogP contribution >= 0.6 is 0 Å². The molecule has 1 saturated heterocycles. The molecule has 20 heavy (non-hydrogen) atoms. The van der Waals surface area contributed by atoms with E-state index in [1.54, 1.807) is 19.1 Å². The van der Waals surface area contributed by atoms with Crippen molar-refractivity contribution in [1.82, 2.24) is 10.2 Å². The Morgan fingerprint density at radius 3 is 2.85 bits per heavy atom. The van der Waals surface area contributed by atoms with Gasteiger partial charge in [0.1, 0.15) is 5.75 Å². The SMILES string of the molecule is COc1ccc(NC(=O)N(C)CC2CNCCO2)cc1. The molecular weight excluding hydrogens is 258 g/mol. The van der Waals surface area contributed by atoms with Gasteiger partial charge in [-0.2, -0.15) is 0 Å². The number of ether oxygens (including phenoxy) is 2. The van der Waals surface area contributed by atoms with Crippen molar-refractivity contribution < 1.29 is 14.3 Å². The van der Waals surface area contributed by atoms with E-state index in [0.29, 0.717) is 13.2 Å². The Bertz CT molecular complexity index is 430. The first kappa shape index (κ1) is 14.6. The van der Waals surface area contributed by atoms with Gasteiger partial charge < -0.3 is 25.0 Å². The molecule has 6 heteroatoms. The topological polar surface area (TPSA) is 62.8 Å². The Morgan fingerprint density at radius 2 is 2.25 bits per heavy atom. The summed E-state index contributed by atoms with van der Waals surface area (Å²) >= 11 is 0. The highest BCUT2D eigenvalue weighted by Crippen LogP contribution is 2.15. The van der Waals surface area contributed by atoms with E-state index in [0.717, 1.165) is 24.5 Å². The summed E-state index contributed by atoms with van der Waals surface area (Å²) in [6, 6.07) is 7.09. The van der Waals surface area contributed by atoms with Gasteiger partial charge in [-0.3, -0.25) is 0 Å². The number of hydrogen-bond acceptors (Lipinski definition) is 4. The number of morpholine rings is 1. The zero-order valence-electron chi connectivity index (χ0n) is 11.9. The van der Waals surface area contributed by atoms with Crippen LogP contribution in [-0.4, -0.2) is 57.4 Å². The molecule has 0 aliphatic carbocycles. The number of nitrogens with zero attached hydrogens (tertiary/aromatic N) is 1. The number of rotatable bonds is 4. The summed E-state index contributed by atoms with van der Waals surface area (Å²) in [5.74, 6) is 0.762. The van der Waals surface area contributed by atoms with Crippen molar-refractivity contribution in [2.24, 2.45) is 0 Å². The molecular formula is C14H21N3O3. The molecule has 0 bridgehead atoms. The van der Waals surface area contributed by atoms with Crippen LogP contribution in [0.15, 0.2) is 24.3 Å². The van der Waals surface area contributed by atoms with Crippen LogP contribution in [0.1, 0.15) is 0 Å². The van der Waals surface area contributed by atoms with Crippen LogP contribution in [-0.2, 0) is 4.74 Å². The third-order valence-corrected chi connectivity index (χ3v) is 3.17. The molecule has 110 valence electrons. The van der Waals surface area contributed by atoms with Gasteiger partial charge in [0.2, 0.25) is 0 Å². The normalized spacial score (nSPS) is 18.4. The summed E-state index contributed by atoms with van der Waals surface area (Å²) in [5, 5.41) is 6.08. The smallest absolute Gasteiger partial charge is 0.321 e. The molecule has 1 aromatic rings. The van der Waals surface area contributed by atoms with E-state index >= 15 is 0 Å². The highest BCUT2D eigenvalue weighted by Gasteiger charge is 2.18. The van der Waals surface area contributed by atoms with E-state index in [1.165, 1.54) is 0 Å². The van der Waals surface area contributed by atoms with Crippen LogP contribution < -0.4 is 15.4 Å². The van der Waals surface area contributed by atoms with Gasteiger partial charge in [0.25, 0.3) is 0 Å². The number of methoxy groups -OCH3 is 1. The third-order valence-electron chi connectivity index (χ3n) is 3.17. The number of carbonyl (C=O) groups excluding carboxylic acids is 1. The minimum atomic E-state index is -0.149. The molecule has 1 fully saturated rings. The van der Waals surface area contributed by atoms with E-state index in [1.807, 2.05) is 24.3 Å². The van der Waals surface area contributed by atoms with Gasteiger partial charge in [-0.05, 0) is 24.3 Å². The lowest BCUT2D eigenvalue weighted by Gasteiger charge is -2.28. The number of urea groups is 1. The molecule has 1 aliphatic rings. The van der Waals surface area contributed by atoms with E-state index in [2.05, 4.69) is 10.6 Å². The second-order valence-electron chi connectivity index (χ2n) is 4.74. The molecule has 0 radical (unpaired) electrons. The van der Waals surface area contributed by atoms with E-state index in [-0.39, 0.29) is 12.1 Å². The summed E-state index contributed by atoms with van der Waals surface area (Å²) in [7, 11) is 3.37. The Kier molecular flexibility index (Phi) is 5.20. The minimum Gasteiger partial charge on any atom is -0.497 e. The predicted molar refractivity (Wildman–Crippen MR) is 77.3 cm³/mol. The van der Waals surface area contributed by atoms with Gasteiger partial charge in [0.05, 0.1) is 19.8 Å². The molecule has 1 heterocycles. The second-order valence-corrected chi connectivity index (χ2v) is 4.74. The summed E-state index contributed by atoms with van der Waals surface area (Å²) in [4.78, 5) is 13.7. The van der Waals surface area contributed by atoms with Crippen LogP contribution in [0.3, 0.4) is 0 Å². The maximum absolute atomic E-state index is 12.0. The predicted octanol–water partition coefficient (Wildman–Crippen LogP) is 1.15. The largest absolute Gasteiger partial charge is 0.497 e. The lowest BCUT2D eigenvalue weighted by atomic mass is 10.3. The van der Waals surface area contributed by atoms with Crippen LogP contribution in [0.25, 0.3) is 0 Å². The first-order valence-corrected chi connectivity index (χ1v) is 6.67. The quantitative estimate of drug-likeness (QED) is 0.868. The van der Waals surface area contributed by atoms with E-state index in [9.17, 15) is 4.79 Å². The fraction of sp³-hybridized carbons (Fsp3) is 0.500. The molecule has 0 aromatic heterocycles. The van der Waals surface area contributed by atoms with Gasteiger partial charge in [0, 0.05) is 32.4 Å². The average molecular weight is 279 g/mol. The van der Waals surface area contributed by atoms with E-state index < -0.39 is 0 Å². The van der Waals surface area contributed by atoms with Crippen LogP contribution in [0.4, 0.5) is 10.5 Å². The lowest BCUT2D eigenvalue weighted by molar-refractivity contribution is 0.0164. The van der Waals surface area contributed by atoms with Crippen molar-refractivity contribution in [2.45, 2.75) is 6.10 Å². The molecule has 1 unspecified atom stereocenters. The van der Waals surface area contributed by atoms with Gasteiger partial charge in [0.15, 0.2) is 0 Å². The van der Waals surface area contributed by atoms with Gasteiger partial charge >= 0.3 is 6.03 Å². The molecule has 0 spiro atoms. The van der Waals surface area contributed by atoms with Crippen molar-refractivity contribution in [2.75, 3.05) is 45.7 Å². The Hall–Kier alpha value is -1.79. The van der Waals surface area contributed by atoms with Crippen LogP contribution in [0.2, 0.25) is 0 Å². The number of amides is 2. The zero-order valence-corrected chi connectivity index (χ0v) is 11.9. The maximum atomic E-state index is 12.0. The van der Waals surface area contributed by atoms with E-state index in [4.69, 9.17) is 9.47 Å². The molecule has 1 atom stereocenters. The number of nitrogens with one attached hydrogen (secondary N) is 2. The fourth-order valence-electron chi connectivity index (χ4n) is 2.02. The first-order chi connectivity index (χ1) is 9.69. The standard InChI is InChI=1S/C14H21N3O3/c1-17(10-13-9-15-7-8-20-13)14(18)16-11-3-5-12(19-2)6-4-11/h3-6,13,15H,7-10H2,1-2H3,(H,16,18). The summed E-state index contributed by atoms with van der Waals surface area (Å²) in [6.45, 7) is 2.91. The molecule has 6 nitrogen and oxygen atoms in total. The lowest BCUT2D eigenvalue weighted by Crippen LogP contribution is -2.46. The molecule has 2 rings (SSSR count). The fourth-order valence-corrected chi connectivity index (χ4v) is 2.02. The van der Waals surface area contributed by atoms with Crippen LogP contribution in [0, 0.1) is 0 Å². The zero-order chi connectivity index (χ0) is 14.4. The average Bonchev–Trinajstić information content (AvgIpc) is 2.49. The molecule has 2 amide bonds. The Labute approximate surface area is 119 Å². The molecule has 2 N–H and O–H groups in total. The van der Waals surface area contributed by atoms with Gasteiger partial charge in [-0.1, -0.05) is 0 Å².